The highest BCUT2D eigenvalue weighted by molar-refractivity contribution is 14.0. The van der Waals surface area contributed by atoms with Crippen molar-refractivity contribution in [2.75, 3.05) is 38.2 Å². The molecular weight excluding hydrogens is 433 g/mol. The van der Waals surface area contributed by atoms with Crippen LogP contribution in [0.15, 0.2) is 4.99 Å². The average Bonchev–Trinajstić information content (AvgIpc) is 2.55. The lowest BCUT2D eigenvalue weighted by Gasteiger charge is -2.40. The molecule has 0 aromatic heterocycles. The summed E-state index contributed by atoms with van der Waals surface area (Å²) in [6.07, 6.45) is 5.41. The Morgan fingerprint density at radius 3 is 2.42 bits per heavy atom. The SMILES string of the molecule is CN=C(NCC1CCSCC1)NCC1CCCOC1C(C)(C)C.I. The van der Waals surface area contributed by atoms with Gasteiger partial charge in [0, 0.05) is 32.7 Å². The highest BCUT2D eigenvalue weighted by atomic mass is 127. The predicted molar refractivity (Wildman–Crippen MR) is 117 cm³/mol. The van der Waals surface area contributed by atoms with E-state index in [4.69, 9.17) is 4.74 Å². The first kappa shape index (κ1) is 22.4. The van der Waals surface area contributed by atoms with Gasteiger partial charge < -0.3 is 15.4 Å². The first-order chi connectivity index (χ1) is 11.0. The van der Waals surface area contributed by atoms with E-state index in [1.165, 1.54) is 37.2 Å². The molecular formula is C18H36IN3OS. The number of halogens is 1. The van der Waals surface area contributed by atoms with Crippen LogP contribution in [-0.2, 0) is 4.74 Å². The van der Waals surface area contributed by atoms with Gasteiger partial charge in [0.15, 0.2) is 5.96 Å². The van der Waals surface area contributed by atoms with Gasteiger partial charge in [-0.15, -0.1) is 24.0 Å². The molecule has 142 valence electrons. The van der Waals surface area contributed by atoms with Crippen molar-refractivity contribution in [3.05, 3.63) is 0 Å². The fourth-order valence-corrected chi connectivity index (χ4v) is 4.85. The molecule has 4 nitrogen and oxygen atoms in total. The number of thioether (sulfide) groups is 1. The molecule has 2 heterocycles. The second-order valence-electron chi connectivity index (χ2n) is 7.95. The second-order valence-corrected chi connectivity index (χ2v) is 9.17. The number of rotatable bonds is 4. The molecule has 2 N–H and O–H groups in total. The lowest BCUT2D eigenvalue weighted by atomic mass is 9.78. The zero-order chi connectivity index (χ0) is 16.7. The molecule has 0 aromatic rings. The van der Waals surface area contributed by atoms with E-state index in [0.717, 1.165) is 31.6 Å². The Hall–Kier alpha value is 0.310. The molecule has 2 aliphatic heterocycles. The zero-order valence-corrected chi connectivity index (χ0v) is 18.9. The summed E-state index contributed by atoms with van der Waals surface area (Å²) in [4.78, 5) is 4.39. The van der Waals surface area contributed by atoms with Crippen LogP contribution in [0, 0.1) is 17.3 Å². The van der Waals surface area contributed by atoms with Gasteiger partial charge >= 0.3 is 0 Å². The molecule has 0 aromatic carbocycles. The highest BCUT2D eigenvalue weighted by Gasteiger charge is 2.35. The van der Waals surface area contributed by atoms with Gasteiger partial charge in [-0.2, -0.15) is 11.8 Å². The van der Waals surface area contributed by atoms with Crippen molar-refractivity contribution in [1.82, 2.24) is 10.6 Å². The normalized spacial score (nSPS) is 26.6. The summed E-state index contributed by atoms with van der Waals surface area (Å²) < 4.78 is 6.07. The van der Waals surface area contributed by atoms with Gasteiger partial charge in [-0.05, 0) is 48.5 Å². The highest BCUT2D eigenvalue weighted by Crippen LogP contribution is 2.33. The maximum atomic E-state index is 6.07. The fraction of sp³-hybridized carbons (Fsp3) is 0.944. The molecule has 0 saturated carbocycles. The summed E-state index contributed by atoms with van der Waals surface area (Å²) in [5.41, 5.74) is 0.198. The molecule has 0 amide bonds. The average molecular weight is 469 g/mol. The smallest absolute Gasteiger partial charge is 0.190 e. The van der Waals surface area contributed by atoms with Crippen molar-refractivity contribution in [1.29, 1.82) is 0 Å². The van der Waals surface area contributed by atoms with Crippen LogP contribution >= 0.6 is 35.7 Å². The summed E-state index contributed by atoms with van der Waals surface area (Å²) in [6.45, 7) is 9.75. The number of ether oxygens (including phenoxy) is 1. The molecule has 2 atom stereocenters. The fourth-order valence-electron chi connectivity index (χ4n) is 3.65. The molecule has 2 rings (SSSR count). The Morgan fingerprint density at radius 2 is 1.79 bits per heavy atom. The minimum absolute atomic E-state index is 0. The topological polar surface area (TPSA) is 45.7 Å². The molecule has 0 bridgehead atoms. The number of nitrogens with zero attached hydrogens (tertiary/aromatic N) is 1. The molecule has 2 fully saturated rings. The monoisotopic (exact) mass is 469 g/mol. The molecule has 0 spiro atoms. The van der Waals surface area contributed by atoms with Crippen LogP contribution in [-0.4, -0.2) is 50.3 Å². The van der Waals surface area contributed by atoms with Gasteiger partial charge in [0.1, 0.15) is 0 Å². The van der Waals surface area contributed by atoms with Crippen LogP contribution in [0.2, 0.25) is 0 Å². The van der Waals surface area contributed by atoms with Gasteiger partial charge in [-0.25, -0.2) is 0 Å². The van der Waals surface area contributed by atoms with Crippen molar-refractivity contribution in [2.45, 2.75) is 52.6 Å². The minimum Gasteiger partial charge on any atom is -0.377 e. The van der Waals surface area contributed by atoms with Crippen LogP contribution in [0.1, 0.15) is 46.5 Å². The van der Waals surface area contributed by atoms with E-state index in [1.807, 2.05) is 7.05 Å². The van der Waals surface area contributed by atoms with E-state index in [-0.39, 0.29) is 29.4 Å². The zero-order valence-electron chi connectivity index (χ0n) is 15.8. The number of hydrogen-bond acceptors (Lipinski definition) is 3. The summed E-state index contributed by atoms with van der Waals surface area (Å²) in [7, 11) is 1.87. The number of nitrogens with one attached hydrogen (secondary N) is 2. The minimum atomic E-state index is 0. The van der Waals surface area contributed by atoms with E-state index in [9.17, 15) is 0 Å². The van der Waals surface area contributed by atoms with Gasteiger partial charge in [-0.1, -0.05) is 20.8 Å². The third kappa shape index (κ3) is 7.28. The van der Waals surface area contributed by atoms with E-state index in [1.54, 1.807) is 0 Å². The Bertz CT molecular complexity index is 381. The Morgan fingerprint density at radius 1 is 1.12 bits per heavy atom. The summed E-state index contributed by atoms with van der Waals surface area (Å²) >= 11 is 2.08. The van der Waals surface area contributed by atoms with E-state index >= 15 is 0 Å². The Labute approximate surface area is 169 Å². The summed E-state index contributed by atoms with van der Waals surface area (Å²) in [5.74, 6) is 4.93. The molecule has 0 aliphatic carbocycles. The molecule has 2 unspecified atom stereocenters. The summed E-state index contributed by atoms with van der Waals surface area (Å²) in [6, 6.07) is 0. The van der Waals surface area contributed by atoms with Gasteiger partial charge in [0.25, 0.3) is 0 Å². The standard InChI is InChI=1S/C18H35N3OS.HI/c1-18(2,3)16-15(6-5-9-22-16)13-21-17(19-4)20-12-14-7-10-23-11-8-14;/h14-16H,5-13H2,1-4H3,(H2,19,20,21);1H. The van der Waals surface area contributed by atoms with Crippen LogP contribution in [0.25, 0.3) is 0 Å². The van der Waals surface area contributed by atoms with Crippen molar-refractivity contribution >= 4 is 41.7 Å². The summed E-state index contributed by atoms with van der Waals surface area (Å²) in [5, 5.41) is 7.06. The van der Waals surface area contributed by atoms with E-state index in [2.05, 4.69) is 48.2 Å². The first-order valence-electron chi connectivity index (χ1n) is 9.14. The van der Waals surface area contributed by atoms with E-state index in [0.29, 0.717) is 12.0 Å². The first-order valence-corrected chi connectivity index (χ1v) is 10.3. The van der Waals surface area contributed by atoms with Crippen LogP contribution in [0.4, 0.5) is 0 Å². The number of aliphatic imine (C=N–C) groups is 1. The maximum Gasteiger partial charge on any atom is 0.190 e. The predicted octanol–water partition coefficient (Wildman–Crippen LogP) is 3.75. The molecule has 0 radical (unpaired) electrons. The lowest BCUT2D eigenvalue weighted by molar-refractivity contribution is -0.0835. The van der Waals surface area contributed by atoms with Crippen molar-refractivity contribution < 1.29 is 4.74 Å². The molecule has 2 aliphatic rings. The van der Waals surface area contributed by atoms with Crippen molar-refractivity contribution in [2.24, 2.45) is 22.2 Å². The van der Waals surface area contributed by atoms with Crippen LogP contribution in [0.5, 0.6) is 0 Å². The molecule has 24 heavy (non-hydrogen) atoms. The quantitative estimate of drug-likeness (QED) is 0.374. The Balaban J connectivity index is 0.00000288. The second kappa shape index (κ2) is 11.1. The van der Waals surface area contributed by atoms with Crippen LogP contribution < -0.4 is 10.6 Å². The van der Waals surface area contributed by atoms with Crippen molar-refractivity contribution in [3.63, 3.8) is 0 Å². The van der Waals surface area contributed by atoms with Crippen LogP contribution in [0.3, 0.4) is 0 Å². The molecule has 6 heteroatoms. The van der Waals surface area contributed by atoms with Gasteiger partial charge in [0.2, 0.25) is 0 Å². The third-order valence-electron chi connectivity index (χ3n) is 4.95. The van der Waals surface area contributed by atoms with E-state index < -0.39 is 0 Å². The Kier molecular flexibility index (Phi) is 10.4. The lowest BCUT2D eigenvalue weighted by Crippen LogP contribution is -2.48. The maximum absolute atomic E-state index is 6.07. The number of guanidine groups is 1. The molecule has 2 saturated heterocycles. The van der Waals surface area contributed by atoms with Gasteiger partial charge in [0.05, 0.1) is 6.10 Å². The van der Waals surface area contributed by atoms with Crippen molar-refractivity contribution in [3.8, 4) is 0 Å². The number of hydrogen-bond donors (Lipinski definition) is 2. The largest absolute Gasteiger partial charge is 0.377 e. The third-order valence-corrected chi connectivity index (χ3v) is 6.00. The van der Waals surface area contributed by atoms with Gasteiger partial charge in [-0.3, -0.25) is 4.99 Å².